The Morgan fingerprint density at radius 2 is 1.74 bits per heavy atom. The largest absolute Gasteiger partial charge is 0.323 e. The summed E-state index contributed by atoms with van der Waals surface area (Å²) in [5.74, 6) is 0. The predicted molar refractivity (Wildman–Crippen MR) is 96.8 cm³/mol. The van der Waals surface area contributed by atoms with Crippen LogP contribution in [0.2, 0.25) is 0 Å². The molecule has 2 aromatic carbocycles. The van der Waals surface area contributed by atoms with Gasteiger partial charge < -0.3 is 4.57 Å². The fourth-order valence-corrected chi connectivity index (χ4v) is 3.85. The van der Waals surface area contributed by atoms with E-state index in [2.05, 4.69) is 83.7 Å². The van der Waals surface area contributed by atoms with Gasteiger partial charge in [-0.15, -0.1) is 0 Å². The van der Waals surface area contributed by atoms with Gasteiger partial charge in [0.25, 0.3) is 0 Å². The zero-order chi connectivity index (χ0) is 15.2. The van der Waals surface area contributed by atoms with Gasteiger partial charge in [0.2, 0.25) is 0 Å². The molecule has 1 heterocycles. The van der Waals surface area contributed by atoms with Crippen molar-refractivity contribution in [1.82, 2.24) is 4.57 Å². The molecule has 0 saturated carbocycles. The van der Waals surface area contributed by atoms with Crippen molar-refractivity contribution in [3.8, 4) is 5.69 Å². The third-order valence-corrected chi connectivity index (χ3v) is 4.96. The molecule has 0 N–H and O–H groups in total. The first kappa shape index (κ1) is 12.7. The molecule has 0 saturated heterocycles. The van der Waals surface area contributed by atoms with Crippen molar-refractivity contribution in [2.45, 2.75) is 12.8 Å². The van der Waals surface area contributed by atoms with Crippen LogP contribution < -0.4 is 0 Å². The summed E-state index contributed by atoms with van der Waals surface area (Å²) >= 11 is 0. The summed E-state index contributed by atoms with van der Waals surface area (Å²) in [6.45, 7) is 0. The van der Waals surface area contributed by atoms with Crippen molar-refractivity contribution < 1.29 is 0 Å². The molecular weight excluding hydrogens is 278 g/mol. The average molecular weight is 295 g/mol. The van der Waals surface area contributed by atoms with Crippen LogP contribution in [0.25, 0.3) is 22.0 Å². The Labute approximate surface area is 135 Å². The summed E-state index contributed by atoms with van der Waals surface area (Å²) in [6.07, 6.45) is 15.4. The number of hydrogen-bond acceptors (Lipinski definition) is 0. The van der Waals surface area contributed by atoms with E-state index in [-0.39, 0.29) is 0 Å². The van der Waals surface area contributed by atoms with Crippen molar-refractivity contribution in [1.29, 1.82) is 0 Å². The maximum Gasteiger partial charge on any atom is 0.0527 e. The van der Waals surface area contributed by atoms with Gasteiger partial charge >= 0.3 is 0 Å². The number of allylic oxidation sites excluding steroid dienone is 6. The van der Waals surface area contributed by atoms with Crippen molar-refractivity contribution in [3.63, 3.8) is 0 Å². The van der Waals surface area contributed by atoms with Crippen LogP contribution in [0.4, 0.5) is 0 Å². The summed E-state index contributed by atoms with van der Waals surface area (Å²) in [5, 5.41) is 2.70. The maximum absolute atomic E-state index is 2.40. The quantitative estimate of drug-likeness (QED) is 0.562. The standard InChI is InChI=1S/C22H17N/c1-2-7-17-16(6-1)10-11-20-18-8-5-9-22(23-14-3-4-15-23)21(18)13-12-19(17)20/h1-5,7-10,12-15H,6,11H2. The second kappa shape index (κ2) is 4.85. The van der Waals surface area contributed by atoms with E-state index in [1.165, 1.54) is 38.7 Å². The molecule has 3 aromatic rings. The van der Waals surface area contributed by atoms with Crippen molar-refractivity contribution >= 4 is 16.3 Å². The molecule has 0 amide bonds. The van der Waals surface area contributed by atoms with E-state index in [0.29, 0.717) is 0 Å². The minimum atomic E-state index is 1.03. The van der Waals surface area contributed by atoms with E-state index >= 15 is 0 Å². The Balaban J connectivity index is 1.79. The number of hydrogen-bond donors (Lipinski definition) is 0. The molecule has 5 rings (SSSR count). The minimum Gasteiger partial charge on any atom is -0.323 e. The van der Waals surface area contributed by atoms with Gasteiger partial charge in [-0.1, -0.05) is 48.6 Å². The Kier molecular flexibility index (Phi) is 2.68. The highest BCUT2D eigenvalue weighted by Crippen LogP contribution is 2.39. The highest BCUT2D eigenvalue weighted by atomic mass is 14.9. The lowest BCUT2D eigenvalue weighted by Crippen LogP contribution is -2.05. The van der Waals surface area contributed by atoms with Crippen LogP contribution in [0.5, 0.6) is 0 Å². The minimum absolute atomic E-state index is 1.03. The molecule has 2 aliphatic carbocycles. The molecule has 0 fully saturated rings. The SMILES string of the molecule is C1=CCC2=CCc3c(ccc4c(-n5cccc5)cccc34)C2=C1. The topological polar surface area (TPSA) is 4.93 Å². The zero-order valence-electron chi connectivity index (χ0n) is 12.9. The first-order valence-electron chi connectivity index (χ1n) is 8.16. The number of benzene rings is 2. The van der Waals surface area contributed by atoms with Crippen LogP contribution in [0, 0.1) is 0 Å². The van der Waals surface area contributed by atoms with Crippen LogP contribution in [0.15, 0.2) is 84.7 Å². The molecule has 0 bridgehead atoms. The molecule has 2 aliphatic rings. The molecule has 1 nitrogen and oxygen atoms in total. The molecule has 0 spiro atoms. The van der Waals surface area contributed by atoms with Crippen LogP contribution in [0.1, 0.15) is 17.5 Å². The number of fused-ring (bicyclic) bond motifs is 5. The third-order valence-electron chi connectivity index (χ3n) is 4.96. The normalized spacial score (nSPS) is 15.8. The first-order valence-corrected chi connectivity index (χ1v) is 8.16. The molecular formula is C22H17N. The van der Waals surface area contributed by atoms with E-state index in [9.17, 15) is 0 Å². The highest BCUT2D eigenvalue weighted by molar-refractivity contribution is 5.99. The molecule has 110 valence electrons. The van der Waals surface area contributed by atoms with Gasteiger partial charge in [0.1, 0.15) is 0 Å². The molecule has 0 unspecified atom stereocenters. The summed E-state index contributed by atoms with van der Waals surface area (Å²) in [5.41, 5.74) is 7.00. The van der Waals surface area contributed by atoms with E-state index < -0.39 is 0 Å². The van der Waals surface area contributed by atoms with Gasteiger partial charge in [-0.25, -0.2) is 0 Å². The molecule has 23 heavy (non-hydrogen) atoms. The second-order valence-electron chi connectivity index (χ2n) is 6.20. The fraction of sp³-hybridized carbons (Fsp3) is 0.0909. The summed E-state index contributed by atoms with van der Waals surface area (Å²) in [7, 11) is 0. The molecule has 1 heteroatoms. The monoisotopic (exact) mass is 295 g/mol. The van der Waals surface area contributed by atoms with Gasteiger partial charge in [-0.05, 0) is 58.7 Å². The van der Waals surface area contributed by atoms with Crippen molar-refractivity contribution in [2.24, 2.45) is 0 Å². The van der Waals surface area contributed by atoms with Gasteiger partial charge in [-0.2, -0.15) is 0 Å². The first-order chi connectivity index (χ1) is 11.4. The third kappa shape index (κ3) is 1.86. The lowest BCUT2D eigenvalue weighted by atomic mass is 9.81. The molecule has 0 atom stereocenters. The number of nitrogens with zero attached hydrogens (tertiary/aromatic N) is 1. The summed E-state index contributed by atoms with van der Waals surface area (Å²) in [4.78, 5) is 0. The summed E-state index contributed by atoms with van der Waals surface area (Å²) in [6, 6.07) is 15.4. The molecule has 0 radical (unpaired) electrons. The molecule has 1 aromatic heterocycles. The number of rotatable bonds is 1. The molecule has 0 aliphatic heterocycles. The Hall–Kier alpha value is -2.80. The van der Waals surface area contributed by atoms with Gasteiger partial charge in [0.05, 0.1) is 5.69 Å². The average Bonchev–Trinajstić information content (AvgIpc) is 3.15. The number of aromatic nitrogens is 1. The van der Waals surface area contributed by atoms with Crippen LogP contribution in [-0.2, 0) is 6.42 Å². The van der Waals surface area contributed by atoms with Crippen molar-refractivity contribution in [3.05, 3.63) is 95.9 Å². The zero-order valence-corrected chi connectivity index (χ0v) is 12.9. The van der Waals surface area contributed by atoms with E-state index in [4.69, 9.17) is 0 Å². The smallest absolute Gasteiger partial charge is 0.0527 e. The van der Waals surface area contributed by atoms with E-state index in [1.807, 2.05) is 0 Å². The van der Waals surface area contributed by atoms with E-state index in [1.54, 1.807) is 0 Å². The van der Waals surface area contributed by atoms with Crippen LogP contribution >= 0.6 is 0 Å². The maximum atomic E-state index is 2.40. The van der Waals surface area contributed by atoms with Gasteiger partial charge in [-0.3, -0.25) is 0 Å². The van der Waals surface area contributed by atoms with Gasteiger partial charge in [0, 0.05) is 17.8 Å². The van der Waals surface area contributed by atoms with Crippen LogP contribution in [0.3, 0.4) is 0 Å². The predicted octanol–water partition coefficient (Wildman–Crippen LogP) is 5.46. The Morgan fingerprint density at radius 3 is 2.65 bits per heavy atom. The van der Waals surface area contributed by atoms with Gasteiger partial charge in [0.15, 0.2) is 0 Å². The lowest BCUT2D eigenvalue weighted by Gasteiger charge is -2.24. The Morgan fingerprint density at radius 1 is 0.826 bits per heavy atom. The fourth-order valence-electron chi connectivity index (χ4n) is 3.85. The van der Waals surface area contributed by atoms with Crippen molar-refractivity contribution in [2.75, 3.05) is 0 Å². The lowest BCUT2D eigenvalue weighted by molar-refractivity contribution is 1.09. The second-order valence-corrected chi connectivity index (χ2v) is 6.20. The highest BCUT2D eigenvalue weighted by Gasteiger charge is 2.19. The van der Waals surface area contributed by atoms with E-state index in [0.717, 1.165) is 12.8 Å². The Bertz CT molecular complexity index is 998. The summed E-state index contributed by atoms with van der Waals surface area (Å²) < 4.78 is 2.20. The van der Waals surface area contributed by atoms with Crippen LogP contribution in [-0.4, -0.2) is 4.57 Å².